The Morgan fingerprint density at radius 2 is 1.23 bits per heavy atom. The van der Waals surface area contributed by atoms with E-state index in [2.05, 4.69) is 6.92 Å². The van der Waals surface area contributed by atoms with E-state index < -0.39 is 0 Å². The Bertz CT molecular complexity index is 505. The molecule has 0 aliphatic heterocycles. The summed E-state index contributed by atoms with van der Waals surface area (Å²) in [5.74, 6) is 0.841. The normalized spacial score (nSPS) is 10.7. The van der Waals surface area contributed by atoms with E-state index in [0.29, 0.717) is 24.4 Å². The van der Waals surface area contributed by atoms with Gasteiger partial charge in [0.1, 0.15) is 11.5 Å². The van der Waals surface area contributed by atoms with Gasteiger partial charge in [-0.2, -0.15) is 0 Å². The summed E-state index contributed by atoms with van der Waals surface area (Å²) in [6.07, 6.45) is 13.0. The number of benzene rings is 1. The van der Waals surface area contributed by atoms with Crippen molar-refractivity contribution in [1.29, 1.82) is 0 Å². The molecule has 0 heterocycles. The second kappa shape index (κ2) is 14.5. The Kier molecular flexibility index (Phi) is 12.5. The minimum atomic E-state index is -0.173. The van der Waals surface area contributed by atoms with Crippen molar-refractivity contribution in [2.24, 2.45) is 0 Å². The number of Topliss-reactive ketones (excluding diaryl/α,β-unsaturated/α-hetero) is 1. The van der Waals surface area contributed by atoms with E-state index in [1.165, 1.54) is 32.1 Å². The van der Waals surface area contributed by atoms with E-state index in [1.807, 2.05) is 31.2 Å². The Morgan fingerprint density at radius 3 is 1.81 bits per heavy atom. The quantitative estimate of drug-likeness (QED) is 0.202. The minimum absolute atomic E-state index is 0.173. The first-order chi connectivity index (χ1) is 12.6. The summed E-state index contributed by atoms with van der Waals surface area (Å²) in [7, 11) is 0. The lowest BCUT2D eigenvalue weighted by molar-refractivity contribution is -0.134. The Hall–Kier alpha value is -1.64. The molecule has 0 saturated heterocycles. The van der Waals surface area contributed by atoms with E-state index >= 15 is 0 Å². The lowest BCUT2D eigenvalue weighted by atomic mass is 10.0. The number of unbranched alkanes of at least 4 members (excludes halogenated alkanes) is 8. The highest BCUT2D eigenvalue weighted by atomic mass is 16.5. The van der Waals surface area contributed by atoms with Crippen LogP contribution in [0.2, 0.25) is 0 Å². The molecule has 0 N–H and O–H groups in total. The van der Waals surface area contributed by atoms with Gasteiger partial charge in [-0.25, -0.2) is 0 Å². The van der Waals surface area contributed by atoms with E-state index in [4.69, 9.17) is 4.74 Å². The summed E-state index contributed by atoms with van der Waals surface area (Å²) < 4.78 is 5.30. The molecule has 0 saturated carbocycles. The number of ketones is 1. The highest BCUT2D eigenvalue weighted by molar-refractivity contribution is 5.78. The molecule has 0 bridgehead atoms. The van der Waals surface area contributed by atoms with Gasteiger partial charge in [-0.15, -0.1) is 0 Å². The van der Waals surface area contributed by atoms with Crippen molar-refractivity contribution < 1.29 is 14.3 Å². The minimum Gasteiger partial charge on any atom is -0.427 e. The zero-order chi connectivity index (χ0) is 19.0. The number of carbonyl (C=O) groups excluding carboxylic acids is 2. The van der Waals surface area contributed by atoms with Gasteiger partial charge in [-0.05, 0) is 38.3 Å². The molecular formula is C23H36O3. The highest BCUT2D eigenvalue weighted by Crippen LogP contribution is 2.14. The summed E-state index contributed by atoms with van der Waals surface area (Å²) in [4.78, 5) is 23.6. The van der Waals surface area contributed by atoms with Crippen LogP contribution in [0.1, 0.15) is 96.0 Å². The number of aryl methyl sites for hydroxylation is 1. The van der Waals surface area contributed by atoms with Crippen LogP contribution in [0.3, 0.4) is 0 Å². The SMILES string of the molecule is CCCCCCCCC(=O)CCCCCCC(=O)Oc1ccc(C)cc1. The lowest BCUT2D eigenvalue weighted by Gasteiger charge is -2.05. The summed E-state index contributed by atoms with van der Waals surface area (Å²) in [6.45, 7) is 4.22. The van der Waals surface area contributed by atoms with Crippen LogP contribution in [-0.4, -0.2) is 11.8 Å². The first-order valence-corrected chi connectivity index (χ1v) is 10.4. The van der Waals surface area contributed by atoms with E-state index in [-0.39, 0.29) is 5.97 Å². The van der Waals surface area contributed by atoms with Crippen molar-refractivity contribution in [1.82, 2.24) is 0 Å². The van der Waals surface area contributed by atoms with Crippen molar-refractivity contribution >= 4 is 11.8 Å². The Morgan fingerprint density at radius 1 is 0.731 bits per heavy atom. The number of hydrogen-bond acceptors (Lipinski definition) is 3. The monoisotopic (exact) mass is 360 g/mol. The molecule has 1 rings (SSSR count). The van der Waals surface area contributed by atoms with Crippen LogP contribution in [0.5, 0.6) is 5.75 Å². The summed E-state index contributed by atoms with van der Waals surface area (Å²) >= 11 is 0. The average molecular weight is 361 g/mol. The maximum absolute atomic E-state index is 11.8. The van der Waals surface area contributed by atoms with Gasteiger partial charge in [0.25, 0.3) is 0 Å². The molecule has 3 nitrogen and oxygen atoms in total. The molecule has 0 aliphatic rings. The third-order valence-corrected chi connectivity index (χ3v) is 4.65. The van der Waals surface area contributed by atoms with E-state index in [9.17, 15) is 9.59 Å². The first kappa shape index (κ1) is 22.4. The van der Waals surface area contributed by atoms with Crippen molar-refractivity contribution in [3.8, 4) is 5.75 Å². The molecule has 26 heavy (non-hydrogen) atoms. The van der Waals surface area contributed by atoms with Crippen LogP contribution in [0.15, 0.2) is 24.3 Å². The smallest absolute Gasteiger partial charge is 0.311 e. The number of carbonyl (C=O) groups is 2. The molecule has 3 heteroatoms. The van der Waals surface area contributed by atoms with Crippen molar-refractivity contribution in [3.05, 3.63) is 29.8 Å². The fourth-order valence-corrected chi connectivity index (χ4v) is 2.96. The zero-order valence-corrected chi connectivity index (χ0v) is 16.7. The molecule has 0 atom stereocenters. The summed E-state index contributed by atoms with van der Waals surface area (Å²) in [5.41, 5.74) is 1.15. The first-order valence-electron chi connectivity index (χ1n) is 10.4. The van der Waals surface area contributed by atoms with Crippen LogP contribution in [-0.2, 0) is 9.59 Å². The molecule has 146 valence electrons. The second-order valence-electron chi connectivity index (χ2n) is 7.26. The van der Waals surface area contributed by atoms with Gasteiger partial charge >= 0.3 is 5.97 Å². The van der Waals surface area contributed by atoms with Crippen molar-refractivity contribution in [2.75, 3.05) is 0 Å². The Balaban J connectivity index is 1.94. The predicted octanol–water partition coefficient (Wildman–Crippen LogP) is 6.56. The fourth-order valence-electron chi connectivity index (χ4n) is 2.96. The third kappa shape index (κ3) is 11.8. The molecule has 1 aromatic carbocycles. The second-order valence-corrected chi connectivity index (χ2v) is 7.26. The van der Waals surface area contributed by atoms with Crippen molar-refractivity contribution in [2.45, 2.75) is 97.3 Å². The third-order valence-electron chi connectivity index (χ3n) is 4.65. The highest BCUT2D eigenvalue weighted by Gasteiger charge is 2.05. The maximum Gasteiger partial charge on any atom is 0.311 e. The van der Waals surface area contributed by atoms with E-state index in [1.54, 1.807) is 0 Å². The molecule has 0 aliphatic carbocycles. The molecule has 0 spiro atoms. The largest absolute Gasteiger partial charge is 0.427 e. The van der Waals surface area contributed by atoms with Gasteiger partial charge in [0, 0.05) is 19.3 Å². The molecule has 0 radical (unpaired) electrons. The van der Waals surface area contributed by atoms with E-state index in [0.717, 1.165) is 44.1 Å². The number of ether oxygens (including phenoxy) is 1. The van der Waals surface area contributed by atoms with Gasteiger partial charge in [-0.1, -0.05) is 69.6 Å². The molecule has 0 amide bonds. The van der Waals surface area contributed by atoms with Gasteiger partial charge in [0.05, 0.1) is 0 Å². The predicted molar refractivity (Wildman–Crippen MR) is 108 cm³/mol. The van der Waals surface area contributed by atoms with Crippen LogP contribution in [0.25, 0.3) is 0 Å². The topological polar surface area (TPSA) is 43.4 Å². The molecule has 1 aromatic rings. The Labute approximate surface area is 159 Å². The zero-order valence-electron chi connectivity index (χ0n) is 16.7. The van der Waals surface area contributed by atoms with Crippen LogP contribution < -0.4 is 4.74 Å². The van der Waals surface area contributed by atoms with Gasteiger partial charge < -0.3 is 4.74 Å². The summed E-state index contributed by atoms with van der Waals surface area (Å²) in [5, 5.41) is 0. The van der Waals surface area contributed by atoms with Crippen molar-refractivity contribution in [3.63, 3.8) is 0 Å². The van der Waals surface area contributed by atoms with Gasteiger partial charge in [0.2, 0.25) is 0 Å². The number of rotatable bonds is 15. The number of hydrogen-bond donors (Lipinski definition) is 0. The lowest BCUT2D eigenvalue weighted by Crippen LogP contribution is -2.07. The number of esters is 1. The fraction of sp³-hybridized carbons (Fsp3) is 0.652. The average Bonchev–Trinajstić information content (AvgIpc) is 2.63. The van der Waals surface area contributed by atoms with Gasteiger partial charge in [0.15, 0.2) is 0 Å². The maximum atomic E-state index is 11.8. The summed E-state index contributed by atoms with van der Waals surface area (Å²) in [6, 6.07) is 7.51. The van der Waals surface area contributed by atoms with Crippen LogP contribution in [0, 0.1) is 6.92 Å². The molecule has 0 unspecified atom stereocenters. The van der Waals surface area contributed by atoms with Gasteiger partial charge in [-0.3, -0.25) is 9.59 Å². The molecule has 0 aromatic heterocycles. The molecule has 0 fully saturated rings. The van der Waals surface area contributed by atoms with Crippen LogP contribution >= 0.6 is 0 Å². The van der Waals surface area contributed by atoms with Crippen LogP contribution in [0.4, 0.5) is 0 Å². The molecular weight excluding hydrogens is 324 g/mol. The standard InChI is InChI=1S/C23H36O3/c1-3-4-5-6-7-10-13-21(24)14-11-8-9-12-15-23(25)26-22-18-16-20(2)17-19-22/h16-19H,3-15H2,1-2H3.